The predicted molar refractivity (Wildman–Crippen MR) is 34.0 cm³/mol. The smallest absolute Gasteiger partial charge is 0.235 e. The lowest BCUT2D eigenvalue weighted by atomic mass is 10.3. The van der Waals surface area contributed by atoms with E-state index in [0.29, 0.717) is 11.6 Å². The van der Waals surface area contributed by atoms with E-state index in [9.17, 15) is 9.00 Å². The number of rotatable bonds is 1. The van der Waals surface area contributed by atoms with Crippen molar-refractivity contribution in [3.8, 4) is 0 Å². The minimum atomic E-state index is -0.885. The standard InChI is InChI=1S/C4H8N2O2S/c5-4(7)3-1-9(8)2-6-3/h3,6H,1-2H2,(H2,5,7). The van der Waals surface area contributed by atoms with Crippen molar-refractivity contribution in [1.82, 2.24) is 5.32 Å². The van der Waals surface area contributed by atoms with E-state index in [1.54, 1.807) is 0 Å². The molecule has 4 nitrogen and oxygen atoms in total. The molecule has 0 saturated carbocycles. The summed E-state index contributed by atoms with van der Waals surface area (Å²) in [6.07, 6.45) is 0. The monoisotopic (exact) mass is 148 g/mol. The Bertz CT molecular complexity index is 159. The minimum Gasteiger partial charge on any atom is -0.368 e. The Morgan fingerprint density at radius 3 is 2.67 bits per heavy atom. The van der Waals surface area contributed by atoms with Gasteiger partial charge < -0.3 is 5.73 Å². The fraction of sp³-hybridized carbons (Fsp3) is 0.750. The molecule has 0 aromatic carbocycles. The lowest BCUT2D eigenvalue weighted by Gasteiger charge is -1.99. The molecule has 0 spiro atoms. The van der Waals surface area contributed by atoms with Crippen LogP contribution in [0.5, 0.6) is 0 Å². The number of primary amides is 1. The van der Waals surface area contributed by atoms with Gasteiger partial charge in [-0.25, -0.2) is 0 Å². The Labute approximate surface area is 55.3 Å². The van der Waals surface area contributed by atoms with Crippen LogP contribution in [0.4, 0.5) is 0 Å². The van der Waals surface area contributed by atoms with E-state index in [1.165, 1.54) is 0 Å². The third-order valence-corrected chi connectivity index (χ3v) is 2.38. The summed E-state index contributed by atoms with van der Waals surface area (Å²) in [6.45, 7) is 0. The van der Waals surface area contributed by atoms with Crippen molar-refractivity contribution in [2.45, 2.75) is 6.04 Å². The summed E-state index contributed by atoms with van der Waals surface area (Å²) in [5.41, 5.74) is 4.92. The minimum absolute atomic E-state index is 0.370. The van der Waals surface area contributed by atoms with Gasteiger partial charge in [0.25, 0.3) is 0 Å². The largest absolute Gasteiger partial charge is 0.368 e. The van der Waals surface area contributed by atoms with Gasteiger partial charge in [-0.3, -0.25) is 14.3 Å². The van der Waals surface area contributed by atoms with E-state index in [0.717, 1.165) is 0 Å². The molecule has 1 heterocycles. The van der Waals surface area contributed by atoms with Crippen LogP contribution in [0.2, 0.25) is 0 Å². The lowest BCUT2D eigenvalue weighted by Crippen LogP contribution is -2.38. The topological polar surface area (TPSA) is 72.2 Å². The third kappa shape index (κ3) is 1.49. The second-order valence-electron chi connectivity index (χ2n) is 1.91. The number of amides is 1. The van der Waals surface area contributed by atoms with Crippen LogP contribution in [-0.2, 0) is 15.6 Å². The lowest BCUT2D eigenvalue weighted by molar-refractivity contribution is -0.119. The second kappa shape index (κ2) is 2.45. The quantitative estimate of drug-likeness (QED) is 0.458. The number of carbonyl (C=O) groups is 1. The van der Waals surface area contributed by atoms with Crippen molar-refractivity contribution in [1.29, 1.82) is 0 Å². The number of carbonyl (C=O) groups excluding carboxylic acids is 1. The van der Waals surface area contributed by atoms with Crippen LogP contribution in [0.25, 0.3) is 0 Å². The number of hydrogen-bond acceptors (Lipinski definition) is 3. The summed E-state index contributed by atoms with van der Waals surface area (Å²) in [6, 6.07) is -0.370. The van der Waals surface area contributed by atoms with Gasteiger partial charge in [-0.05, 0) is 0 Å². The number of nitrogens with two attached hydrogens (primary N) is 1. The van der Waals surface area contributed by atoms with E-state index < -0.39 is 16.7 Å². The van der Waals surface area contributed by atoms with Crippen molar-refractivity contribution in [3.05, 3.63) is 0 Å². The molecule has 2 atom stereocenters. The molecular weight excluding hydrogens is 140 g/mol. The van der Waals surface area contributed by atoms with Gasteiger partial charge in [0.05, 0.1) is 11.9 Å². The van der Waals surface area contributed by atoms with Crippen molar-refractivity contribution in [2.24, 2.45) is 5.73 Å². The molecule has 52 valence electrons. The average Bonchev–Trinajstić information content (AvgIpc) is 2.14. The highest BCUT2D eigenvalue weighted by Crippen LogP contribution is 1.96. The Morgan fingerprint density at radius 2 is 2.44 bits per heavy atom. The highest BCUT2D eigenvalue weighted by atomic mass is 32.2. The fourth-order valence-corrected chi connectivity index (χ4v) is 1.84. The van der Waals surface area contributed by atoms with Gasteiger partial charge in [-0.2, -0.15) is 0 Å². The maximum Gasteiger partial charge on any atom is 0.235 e. The molecule has 0 aromatic heterocycles. The Morgan fingerprint density at radius 1 is 1.78 bits per heavy atom. The first kappa shape index (κ1) is 6.70. The molecule has 1 fully saturated rings. The van der Waals surface area contributed by atoms with Gasteiger partial charge in [0.15, 0.2) is 0 Å². The summed E-state index contributed by atoms with van der Waals surface area (Å²) in [5, 5.41) is 2.73. The predicted octanol–water partition coefficient (Wildman–Crippen LogP) is -1.85. The van der Waals surface area contributed by atoms with Crippen molar-refractivity contribution >= 4 is 16.7 Å². The third-order valence-electron chi connectivity index (χ3n) is 1.19. The Balaban J connectivity index is 2.48. The molecule has 1 saturated heterocycles. The van der Waals surface area contributed by atoms with Crippen molar-refractivity contribution in [3.63, 3.8) is 0 Å². The summed E-state index contributed by atoms with van der Waals surface area (Å²) in [5.74, 6) is 0.351. The average molecular weight is 148 g/mol. The molecule has 0 radical (unpaired) electrons. The van der Waals surface area contributed by atoms with Crippen LogP contribution >= 0.6 is 0 Å². The molecule has 1 rings (SSSR count). The zero-order chi connectivity index (χ0) is 6.85. The van der Waals surface area contributed by atoms with Gasteiger partial charge >= 0.3 is 0 Å². The van der Waals surface area contributed by atoms with Gasteiger partial charge in [-0.15, -0.1) is 0 Å². The highest BCUT2D eigenvalue weighted by Gasteiger charge is 2.24. The van der Waals surface area contributed by atoms with Crippen LogP contribution in [0, 0.1) is 0 Å². The first-order valence-electron chi connectivity index (χ1n) is 2.58. The van der Waals surface area contributed by atoms with Crippen LogP contribution in [0.1, 0.15) is 0 Å². The first-order valence-corrected chi connectivity index (χ1v) is 4.06. The van der Waals surface area contributed by atoms with Crippen molar-refractivity contribution < 1.29 is 9.00 Å². The maximum absolute atomic E-state index is 10.6. The molecular formula is C4H8N2O2S. The zero-order valence-electron chi connectivity index (χ0n) is 4.79. The molecule has 0 aliphatic carbocycles. The van der Waals surface area contributed by atoms with Crippen LogP contribution < -0.4 is 11.1 Å². The van der Waals surface area contributed by atoms with E-state index in [-0.39, 0.29) is 6.04 Å². The summed E-state index contributed by atoms with van der Waals surface area (Å²) >= 11 is 0. The SMILES string of the molecule is NC(=O)C1CS(=O)CN1. The highest BCUT2D eigenvalue weighted by molar-refractivity contribution is 7.85. The molecule has 3 N–H and O–H groups in total. The number of nitrogens with one attached hydrogen (secondary N) is 1. The normalized spacial score (nSPS) is 34.7. The Hall–Kier alpha value is -0.420. The van der Waals surface area contributed by atoms with Crippen molar-refractivity contribution in [2.75, 3.05) is 11.6 Å². The van der Waals surface area contributed by atoms with Gasteiger partial charge in [0.1, 0.15) is 0 Å². The summed E-state index contributed by atoms with van der Waals surface area (Å²) < 4.78 is 10.6. The van der Waals surface area contributed by atoms with Gasteiger partial charge in [0.2, 0.25) is 5.91 Å². The Kier molecular flexibility index (Phi) is 1.82. The van der Waals surface area contributed by atoms with Crippen LogP contribution in [0.15, 0.2) is 0 Å². The molecule has 2 unspecified atom stereocenters. The van der Waals surface area contributed by atoms with E-state index >= 15 is 0 Å². The molecule has 1 amide bonds. The molecule has 5 heteroatoms. The molecule has 1 aliphatic heterocycles. The second-order valence-corrected chi connectivity index (χ2v) is 3.41. The molecule has 0 aromatic rings. The van der Waals surface area contributed by atoms with Gasteiger partial charge in [0, 0.05) is 16.6 Å². The number of hydrogen-bond donors (Lipinski definition) is 2. The summed E-state index contributed by atoms with van der Waals surface area (Å²) in [4.78, 5) is 10.4. The zero-order valence-corrected chi connectivity index (χ0v) is 5.61. The summed E-state index contributed by atoms with van der Waals surface area (Å²) in [7, 11) is -0.885. The molecule has 0 bridgehead atoms. The van der Waals surface area contributed by atoms with Crippen LogP contribution in [0.3, 0.4) is 0 Å². The van der Waals surface area contributed by atoms with E-state index in [1.807, 2.05) is 0 Å². The maximum atomic E-state index is 10.6. The van der Waals surface area contributed by atoms with Gasteiger partial charge in [-0.1, -0.05) is 0 Å². The van der Waals surface area contributed by atoms with E-state index in [4.69, 9.17) is 5.73 Å². The van der Waals surface area contributed by atoms with E-state index in [2.05, 4.69) is 5.32 Å². The van der Waals surface area contributed by atoms with Crippen LogP contribution in [-0.4, -0.2) is 27.8 Å². The first-order chi connectivity index (χ1) is 4.20. The molecule has 9 heavy (non-hydrogen) atoms. The molecule has 1 aliphatic rings. The fourth-order valence-electron chi connectivity index (χ4n) is 0.680.